The van der Waals surface area contributed by atoms with Crippen LogP contribution in [-0.4, -0.2) is 16.2 Å². The number of fused-ring (bicyclic) bond motifs is 4. The summed E-state index contributed by atoms with van der Waals surface area (Å²) in [5, 5.41) is 2.05. The van der Waals surface area contributed by atoms with Crippen molar-refractivity contribution in [2.45, 2.75) is 105 Å². The molecule has 0 fully saturated rings. The van der Waals surface area contributed by atoms with Crippen molar-refractivity contribution in [2.75, 3.05) is 16.5 Å². The molecule has 8 aromatic carbocycles. The summed E-state index contributed by atoms with van der Waals surface area (Å²) in [6.45, 7) is 26.6. The van der Waals surface area contributed by atoms with Gasteiger partial charge >= 0.3 is 0 Å². The molecule has 76 heavy (non-hydrogen) atoms. The molecule has 3 heterocycles. The lowest BCUT2D eigenvalue weighted by atomic mass is 9.74. The maximum Gasteiger partial charge on any atom is 0.141 e. The van der Waals surface area contributed by atoms with E-state index in [9.17, 15) is 5.48 Å². The van der Waals surface area contributed by atoms with Crippen LogP contribution < -0.4 is 19.3 Å². The first-order chi connectivity index (χ1) is 40.3. The van der Waals surface area contributed by atoms with Crippen molar-refractivity contribution >= 4 is 44.6 Å². The smallest absolute Gasteiger partial charge is 0.141 e. The third-order valence-electron chi connectivity index (χ3n) is 14.3. The molecule has 1 aliphatic heterocycles. The van der Waals surface area contributed by atoms with Gasteiger partial charge in [-0.2, -0.15) is 0 Å². The zero-order chi connectivity index (χ0) is 62.0. The Morgan fingerprint density at radius 3 is 1.62 bits per heavy atom. The first-order valence-corrected chi connectivity index (χ1v) is 26.0. The summed E-state index contributed by atoms with van der Waals surface area (Å²) < 4.78 is 105. The van der Waals surface area contributed by atoms with Crippen LogP contribution in [0.1, 0.15) is 119 Å². The van der Waals surface area contributed by atoms with Crippen molar-refractivity contribution in [3.8, 4) is 51.1 Å². The highest BCUT2D eigenvalue weighted by atomic mass is 16.5. The second-order valence-electron chi connectivity index (χ2n) is 23.9. The molecule has 2 aromatic heterocycles. The molecule has 0 N–H and O–H groups in total. The maximum atomic E-state index is 9.17. The molecule has 382 valence electrons. The number of rotatable bonds is 9. The predicted octanol–water partition coefficient (Wildman–Crippen LogP) is 19.5. The van der Waals surface area contributed by atoms with Gasteiger partial charge in [-0.1, -0.05) is 204 Å². The minimum atomic E-state index is -0.556. The van der Waals surface area contributed by atoms with Crippen LogP contribution in [0.2, 0.25) is 0 Å². The van der Waals surface area contributed by atoms with E-state index in [1.807, 2.05) is 77.7 Å². The SMILES string of the molecule is [2H]c1c([2H])c([2H])c(-c2cccc(-c3c([2H])c([2H])c([2H])c([2H])c3[2H])c2N2CN(c3cc(Oc4ccc5c6ccccc6n(-c6cc(Oc7c(C(C)(C)C)cc(C(C)(C)C)cc7C(C)(C)C)ccn6)c5c4)cc(C(C)(C)C)c3)c3ccccc32)c([2H])c1[2H]. The van der Waals surface area contributed by atoms with Gasteiger partial charge in [0.2, 0.25) is 0 Å². The van der Waals surface area contributed by atoms with Crippen LogP contribution in [-0.2, 0) is 21.7 Å². The molecule has 0 spiro atoms. The largest absolute Gasteiger partial charge is 0.457 e. The van der Waals surface area contributed by atoms with E-state index >= 15 is 0 Å². The normalized spacial score (nSPS) is 15.0. The molecule has 6 heteroatoms. The van der Waals surface area contributed by atoms with Gasteiger partial charge in [-0.15, -0.1) is 0 Å². The van der Waals surface area contributed by atoms with E-state index in [0.717, 1.165) is 55.6 Å². The third kappa shape index (κ3) is 9.51. The lowest BCUT2D eigenvalue weighted by molar-refractivity contribution is 0.429. The molecule has 0 amide bonds. The summed E-state index contributed by atoms with van der Waals surface area (Å²) in [4.78, 5) is 9.01. The Bertz CT molecular complexity index is 4230. The van der Waals surface area contributed by atoms with Crippen molar-refractivity contribution in [3.05, 3.63) is 216 Å². The van der Waals surface area contributed by atoms with Crippen molar-refractivity contribution in [3.63, 3.8) is 0 Å². The number of benzene rings is 8. The Hall–Kier alpha value is -8.09. The van der Waals surface area contributed by atoms with Gasteiger partial charge in [-0.25, -0.2) is 4.98 Å². The van der Waals surface area contributed by atoms with Crippen LogP contribution in [0.4, 0.5) is 22.7 Å². The number of hydrogen-bond donors (Lipinski definition) is 0. The quantitative estimate of drug-likeness (QED) is 0.144. The molecule has 0 bridgehead atoms. The monoisotopic (exact) mass is 1010 g/mol. The average Bonchev–Trinajstić information content (AvgIpc) is 1.41. The number of hydrogen-bond acceptors (Lipinski definition) is 5. The second kappa shape index (κ2) is 18.9. The van der Waals surface area contributed by atoms with Gasteiger partial charge in [-0.05, 0) is 92.4 Å². The molecule has 0 radical (unpaired) electrons. The average molecular weight is 1010 g/mol. The molecular weight excluding hydrogens is 929 g/mol. The van der Waals surface area contributed by atoms with E-state index in [0.29, 0.717) is 28.8 Å². The summed E-state index contributed by atoms with van der Waals surface area (Å²) in [5.74, 6) is 3.31. The summed E-state index contributed by atoms with van der Waals surface area (Å²) >= 11 is 0. The van der Waals surface area contributed by atoms with Gasteiger partial charge < -0.3 is 19.3 Å². The van der Waals surface area contributed by atoms with Gasteiger partial charge in [0.25, 0.3) is 0 Å². The van der Waals surface area contributed by atoms with Crippen molar-refractivity contribution in [1.29, 1.82) is 0 Å². The van der Waals surface area contributed by atoms with Gasteiger partial charge in [0.15, 0.2) is 0 Å². The van der Waals surface area contributed by atoms with E-state index in [1.54, 1.807) is 24.4 Å². The van der Waals surface area contributed by atoms with Crippen molar-refractivity contribution in [2.24, 2.45) is 0 Å². The fourth-order valence-corrected chi connectivity index (χ4v) is 10.3. The highest BCUT2D eigenvalue weighted by Crippen LogP contribution is 2.51. The molecule has 0 unspecified atom stereocenters. The van der Waals surface area contributed by atoms with Gasteiger partial charge in [0.1, 0.15) is 35.5 Å². The number of para-hydroxylation sites is 4. The van der Waals surface area contributed by atoms with Crippen molar-refractivity contribution < 1.29 is 23.2 Å². The number of ether oxygens (including phenoxy) is 2. The van der Waals surface area contributed by atoms with Crippen LogP contribution in [0.25, 0.3) is 49.9 Å². The minimum Gasteiger partial charge on any atom is -0.457 e. The van der Waals surface area contributed by atoms with E-state index in [2.05, 4.69) is 129 Å². The van der Waals surface area contributed by atoms with Crippen LogP contribution in [0.3, 0.4) is 0 Å². The number of anilines is 4. The summed E-state index contributed by atoms with van der Waals surface area (Å²) in [5.41, 5.74) is 8.12. The van der Waals surface area contributed by atoms with Crippen LogP contribution in [0.15, 0.2) is 194 Å². The minimum absolute atomic E-state index is 0.0736. The third-order valence-corrected chi connectivity index (χ3v) is 14.3. The van der Waals surface area contributed by atoms with Crippen LogP contribution in [0, 0.1) is 0 Å². The Balaban J connectivity index is 1.03. The number of pyridine rings is 1. The number of aromatic nitrogens is 2. The maximum absolute atomic E-state index is 9.17. The van der Waals surface area contributed by atoms with E-state index in [4.69, 9.17) is 22.7 Å². The fraction of sp³-hybridized carbons (Fsp3) is 0.243. The molecule has 0 saturated carbocycles. The molecule has 6 nitrogen and oxygen atoms in total. The molecule has 0 saturated heterocycles. The zero-order valence-electron chi connectivity index (χ0n) is 55.5. The topological polar surface area (TPSA) is 42.8 Å². The number of nitrogens with zero attached hydrogens (tertiary/aromatic N) is 4. The predicted molar refractivity (Wildman–Crippen MR) is 319 cm³/mol. The molecule has 1 aliphatic rings. The molecule has 0 aliphatic carbocycles. The van der Waals surface area contributed by atoms with E-state index in [-0.39, 0.29) is 56.3 Å². The molecule has 0 atom stereocenters. The van der Waals surface area contributed by atoms with E-state index < -0.39 is 60.4 Å². The second-order valence-corrected chi connectivity index (χ2v) is 23.9. The first-order valence-electron chi connectivity index (χ1n) is 31.0. The summed E-state index contributed by atoms with van der Waals surface area (Å²) in [6, 6.07) is 36.6. The fourth-order valence-electron chi connectivity index (χ4n) is 10.3. The zero-order valence-corrected chi connectivity index (χ0v) is 45.5. The molecular formula is C70H70N4O2. The highest BCUT2D eigenvalue weighted by molar-refractivity contribution is 6.09. The Labute approximate surface area is 464 Å². The summed E-state index contributed by atoms with van der Waals surface area (Å²) in [7, 11) is 0. The summed E-state index contributed by atoms with van der Waals surface area (Å²) in [6.07, 6.45) is 1.80. The van der Waals surface area contributed by atoms with Crippen LogP contribution >= 0.6 is 0 Å². The Morgan fingerprint density at radius 2 is 1.01 bits per heavy atom. The first kappa shape index (κ1) is 39.3. The lowest BCUT2D eigenvalue weighted by Gasteiger charge is -2.33. The van der Waals surface area contributed by atoms with E-state index in [1.165, 1.54) is 5.56 Å². The standard InChI is InChI=1S/C70H70N4O2/c1-67(2,3)48-38-50(72-45-73(62-33-22-21-32-61(62)72)65-54(46-24-15-13-16-25-46)29-23-30-55(65)47-26-17-14-18-27-47)42-53(39-48)75-51-34-35-57-56-28-19-20-31-60(56)74(63(57)43-51)64-44-52(36-37-71-64)76-66-58(69(7,8)9)40-49(68(4,5)6)41-59(66)70(10,11)12/h13-44H,45H2,1-12H3/i13D,14D,15D,16D,17D,18D,24D,25D,26D,27D. The Morgan fingerprint density at radius 1 is 0.461 bits per heavy atom. The molecule has 10 aromatic rings. The van der Waals surface area contributed by atoms with Gasteiger partial charge in [-0.3, -0.25) is 4.57 Å². The van der Waals surface area contributed by atoms with Crippen LogP contribution in [0.5, 0.6) is 23.0 Å². The lowest BCUT2D eigenvalue weighted by Crippen LogP contribution is -2.25. The Kier molecular flexibility index (Phi) is 9.80. The highest BCUT2D eigenvalue weighted by Gasteiger charge is 2.34. The molecule has 11 rings (SSSR count). The van der Waals surface area contributed by atoms with Crippen molar-refractivity contribution in [1.82, 2.24) is 9.55 Å². The van der Waals surface area contributed by atoms with Gasteiger partial charge in [0.05, 0.1) is 41.8 Å². The van der Waals surface area contributed by atoms with Gasteiger partial charge in [0, 0.05) is 63.1 Å².